The lowest BCUT2D eigenvalue weighted by Crippen LogP contribution is -2.39. The molecule has 23 heavy (non-hydrogen) atoms. The molecule has 0 bridgehead atoms. The summed E-state index contributed by atoms with van der Waals surface area (Å²) in [6.45, 7) is 2.72. The number of aliphatic imine (C=N–C) groups is 1. The first-order chi connectivity index (χ1) is 11.2. The van der Waals surface area contributed by atoms with Gasteiger partial charge in [-0.3, -0.25) is 15.1 Å². The summed E-state index contributed by atoms with van der Waals surface area (Å²) in [5.74, 6) is 2.52. The predicted octanol–water partition coefficient (Wildman–Crippen LogP) is 2.79. The van der Waals surface area contributed by atoms with Crippen LogP contribution in [0.15, 0.2) is 29.3 Å². The Bertz CT molecular complexity index is 588. The highest BCUT2D eigenvalue weighted by Crippen LogP contribution is 2.35. The lowest BCUT2D eigenvalue weighted by atomic mass is 9.82. The molecule has 2 unspecified atom stereocenters. The third kappa shape index (κ3) is 3.63. The number of hydrogen-bond donors (Lipinski definition) is 1. The van der Waals surface area contributed by atoms with Crippen molar-refractivity contribution in [3.05, 3.63) is 39.9 Å². The molecule has 1 aliphatic heterocycles. The van der Waals surface area contributed by atoms with Crippen molar-refractivity contribution in [2.24, 2.45) is 16.8 Å². The molecule has 6 nitrogen and oxygen atoms in total. The van der Waals surface area contributed by atoms with Gasteiger partial charge >= 0.3 is 0 Å². The van der Waals surface area contributed by atoms with Crippen LogP contribution >= 0.6 is 0 Å². The van der Waals surface area contributed by atoms with Gasteiger partial charge in [0.15, 0.2) is 5.96 Å². The van der Waals surface area contributed by atoms with Gasteiger partial charge in [0.1, 0.15) is 0 Å². The molecule has 1 saturated heterocycles. The van der Waals surface area contributed by atoms with E-state index < -0.39 is 0 Å². The van der Waals surface area contributed by atoms with Gasteiger partial charge in [-0.05, 0) is 30.2 Å². The molecule has 1 saturated carbocycles. The third-order valence-corrected chi connectivity index (χ3v) is 5.06. The Labute approximate surface area is 136 Å². The van der Waals surface area contributed by atoms with Gasteiger partial charge in [-0.25, -0.2) is 0 Å². The number of nitro benzene ring substituents is 1. The highest BCUT2D eigenvalue weighted by Gasteiger charge is 2.35. The van der Waals surface area contributed by atoms with Crippen molar-refractivity contribution in [1.82, 2.24) is 10.2 Å². The number of rotatable bonds is 3. The van der Waals surface area contributed by atoms with Gasteiger partial charge in [-0.1, -0.05) is 25.0 Å². The SMILES string of the molecule is CN=C(NCc1cccc([N+](=O)[O-])c1)N1CC2CCCCC2C1. The van der Waals surface area contributed by atoms with E-state index in [9.17, 15) is 10.1 Å². The van der Waals surface area contributed by atoms with Crippen LogP contribution in [0.5, 0.6) is 0 Å². The Hall–Kier alpha value is -2.11. The van der Waals surface area contributed by atoms with E-state index in [-0.39, 0.29) is 10.6 Å². The second-order valence-corrected chi connectivity index (χ2v) is 6.54. The molecule has 0 radical (unpaired) electrons. The van der Waals surface area contributed by atoms with E-state index in [1.165, 1.54) is 31.7 Å². The van der Waals surface area contributed by atoms with Gasteiger partial charge < -0.3 is 10.2 Å². The van der Waals surface area contributed by atoms with Crippen LogP contribution in [0.1, 0.15) is 31.2 Å². The average molecular weight is 316 g/mol. The average Bonchev–Trinajstić information content (AvgIpc) is 2.99. The highest BCUT2D eigenvalue weighted by molar-refractivity contribution is 5.80. The summed E-state index contributed by atoms with van der Waals surface area (Å²) in [5, 5.41) is 14.2. The largest absolute Gasteiger partial charge is 0.352 e. The minimum absolute atomic E-state index is 0.131. The first kappa shape index (κ1) is 15.8. The van der Waals surface area contributed by atoms with Crippen LogP contribution in [0.2, 0.25) is 0 Å². The molecule has 1 aliphatic carbocycles. The molecule has 2 atom stereocenters. The van der Waals surface area contributed by atoms with Crippen molar-refractivity contribution < 1.29 is 4.92 Å². The Morgan fingerprint density at radius 3 is 2.65 bits per heavy atom. The monoisotopic (exact) mass is 316 g/mol. The molecule has 2 aliphatic rings. The minimum Gasteiger partial charge on any atom is -0.352 e. The van der Waals surface area contributed by atoms with Crippen LogP contribution in [-0.2, 0) is 6.54 Å². The van der Waals surface area contributed by atoms with Gasteiger partial charge in [-0.15, -0.1) is 0 Å². The fourth-order valence-corrected chi connectivity index (χ4v) is 3.87. The number of fused-ring (bicyclic) bond motifs is 1. The van der Waals surface area contributed by atoms with Crippen LogP contribution in [0.3, 0.4) is 0 Å². The Kier molecular flexibility index (Phi) is 4.79. The number of nitrogens with zero attached hydrogens (tertiary/aromatic N) is 3. The first-order valence-electron chi connectivity index (χ1n) is 8.36. The van der Waals surface area contributed by atoms with Crippen LogP contribution in [0.25, 0.3) is 0 Å². The summed E-state index contributed by atoms with van der Waals surface area (Å²) in [5.41, 5.74) is 1.03. The lowest BCUT2D eigenvalue weighted by Gasteiger charge is -2.22. The maximum Gasteiger partial charge on any atom is 0.269 e. The summed E-state index contributed by atoms with van der Waals surface area (Å²) in [7, 11) is 1.80. The molecule has 3 rings (SSSR count). The van der Waals surface area contributed by atoms with E-state index in [0.29, 0.717) is 6.54 Å². The smallest absolute Gasteiger partial charge is 0.269 e. The maximum absolute atomic E-state index is 10.9. The molecule has 0 spiro atoms. The van der Waals surface area contributed by atoms with Crippen LogP contribution in [-0.4, -0.2) is 35.9 Å². The Balaban J connectivity index is 1.60. The molecule has 2 fully saturated rings. The van der Waals surface area contributed by atoms with Crippen molar-refractivity contribution in [1.29, 1.82) is 0 Å². The standard InChI is InChI=1S/C17H24N4O2/c1-18-17(20-11-14-6-2-3-7-15(14)12-20)19-10-13-5-4-8-16(9-13)21(22)23/h4-5,8-9,14-15H,2-3,6-7,10-12H2,1H3,(H,18,19). The highest BCUT2D eigenvalue weighted by atomic mass is 16.6. The molecule has 1 aromatic carbocycles. The van der Waals surface area contributed by atoms with Crippen molar-refractivity contribution in [2.45, 2.75) is 32.2 Å². The number of benzene rings is 1. The van der Waals surface area contributed by atoms with E-state index in [1.807, 2.05) is 6.07 Å². The predicted molar refractivity (Wildman–Crippen MR) is 90.3 cm³/mol. The van der Waals surface area contributed by atoms with Gasteiger partial charge in [0, 0.05) is 38.8 Å². The van der Waals surface area contributed by atoms with Gasteiger partial charge in [0.2, 0.25) is 0 Å². The number of non-ortho nitro benzene ring substituents is 1. The van der Waals surface area contributed by atoms with E-state index in [1.54, 1.807) is 19.2 Å². The summed E-state index contributed by atoms with van der Waals surface area (Å²) in [6, 6.07) is 6.76. The number of guanidine groups is 1. The molecule has 6 heteroatoms. The van der Waals surface area contributed by atoms with Crippen molar-refractivity contribution in [2.75, 3.05) is 20.1 Å². The molecule has 0 aromatic heterocycles. The summed E-state index contributed by atoms with van der Waals surface area (Å²) < 4.78 is 0. The van der Waals surface area contributed by atoms with Gasteiger partial charge in [-0.2, -0.15) is 0 Å². The first-order valence-corrected chi connectivity index (χ1v) is 8.36. The van der Waals surface area contributed by atoms with Gasteiger partial charge in [0.25, 0.3) is 5.69 Å². The van der Waals surface area contributed by atoms with E-state index in [4.69, 9.17) is 0 Å². The fourth-order valence-electron chi connectivity index (χ4n) is 3.87. The number of nitrogens with one attached hydrogen (secondary N) is 1. The van der Waals surface area contributed by atoms with E-state index in [2.05, 4.69) is 15.2 Å². The summed E-state index contributed by atoms with van der Waals surface area (Å²) in [6.07, 6.45) is 5.38. The zero-order valence-electron chi connectivity index (χ0n) is 13.6. The van der Waals surface area contributed by atoms with E-state index in [0.717, 1.165) is 36.4 Å². The van der Waals surface area contributed by atoms with E-state index >= 15 is 0 Å². The number of likely N-dealkylation sites (tertiary alicyclic amines) is 1. The second kappa shape index (κ2) is 6.98. The minimum atomic E-state index is -0.358. The van der Waals surface area contributed by atoms with Crippen molar-refractivity contribution in [3.8, 4) is 0 Å². The molecule has 1 heterocycles. The van der Waals surface area contributed by atoms with Crippen molar-refractivity contribution in [3.63, 3.8) is 0 Å². The lowest BCUT2D eigenvalue weighted by molar-refractivity contribution is -0.384. The molecule has 1 aromatic rings. The number of hydrogen-bond acceptors (Lipinski definition) is 3. The summed E-state index contributed by atoms with van der Waals surface area (Å²) in [4.78, 5) is 17.2. The topological polar surface area (TPSA) is 70.8 Å². The van der Waals surface area contributed by atoms with Gasteiger partial charge in [0.05, 0.1) is 4.92 Å². The van der Waals surface area contributed by atoms with Crippen LogP contribution < -0.4 is 5.32 Å². The van der Waals surface area contributed by atoms with Crippen LogP contribution in [0.4, 0.5) is 5.69 Å². The Morgan fingerprint density at radius 2 is 2.04 bits per heavy atom. The van der Waals surface area contributed by atoms with Crippen LogP contribution in [0, 0.1) is 22.0 Å². The zero-order valence-corrected chi connectivity index (χ0v) is 13.6. The third-order valence-electron chi connectivity index (χ3n) is 5.06. The normalized spacial score (nSPS) is 24.4. The molecule has 0 amide bonds. The number of nitro groups is 1. The second-order valence-electron chi connectivity index (χ2n) is 6.54. The Morgan fingerprint density at radius 1 is 1.35 bits per heavy atom. The zero-order chi connectivity index (χ0) is 16.2. The summed E-state index contributed by atoms with van der Waals surface area (Å²) >= 11 is 0. The molecular weight excluding hydrogens is 292 g/mol. The maximum atomic E-state index is 10.9. The quantitative estimate of drug-likeness (QED) is 0.403. The molecular formula is C17H24N4O2. The van der Waals surface area contributed by atoms with Crippen molar-refractivity contribution >= 4 is 11.6 Å². The molecule has 124 valence electrons. The molecule has 1 N–H and O–H groups in total. The fraction of sp³-hybridized carbons (Fsp3) is 0.588.